The Balaban J connectivity index is 1.06. The first kappa shape index (κ1) is 29.7. The highest BCUT2D eigenvalue weighted by molar-refractivity contribution is 7.26. The molecule has 6 nitrogen and oxygen atoms in total. The molecule has 0 saturated heterocycles. The maximum absolute atomic E-state index is 6.35. The zero-order valence-electron chi connectivity index (χ0n) is 28.0. The SMILES string of the molecule is c1ccc(-c2nc(-c3ccc(-c4cccc5c4oc4ccccc45)cc3)nc(-c3cccc4sc5c(-c6nc7ccccc7o6)cccc5c34)n2)cc1. The summed E-state index contributed by atoms with van der Waals surface area (Å²) in [7, 11) is 0. The Labute approximate surface area is 306 Å². The lowest BCUT2D eigenvalue weighted by Crippen LogP contribution is -2.00. The van der Waals surface area contributed by atoms with E-state index in [1.807, 2.05) is 72.8 Å². The van der Waals surface area contributed by atoms with Crippen LogP contribution in [0.1, 0.15) is 0 Å². The smallest absolute Gasteiger partial charge is 0.228 e. The van der Waals surface area contributed by atoms with Gasteiger partial charge in [-0.3, -0.25) is 0 Å². The molecule has 0 radical (unpaired) electrons. The van der Waals surface area contributed by atoms with Crippen molar-refractivity contribution in [3.8, 4) is 56.7 Å². The van der Waals surface area contributed by atoms with Crippen LogP contribution in [0.4, 0.5) is 0 Å². The second-order valence-electron chi connectivity index (χ2n) is 13.0. The lowest BCUT2D eigenvalue weighted by molar-refractivity contribution is 0.621. The van der Waals surface area contributed by atoms with Crippen molar-refractivity contribution < 1.29 is 8.83 Å². The monoisotopic (exact) mass is 698 g/mol. The Morgan fingerprint density at radius 3 is 1.85 bits per heavy atom. The van der Waals surface area contributed by atoms with E-state index in [2.05, 4.69) is 84.9 Å². The fourth-order valence-electron chi connectivity index (χ4n) is 7.31. The summed E-state index contributed by atoms with van der Waals surface area (Å²) in [6, 6.07) is 53.5. The lowest BCUT2D eigenvalue weighted by atomic mass is 10.0. The lowest BCUT2D eigenvalue weighted by Gasteiger charge is -2.10. The summed E-state index contributed by atoms with van der Waals surface area (Å²) in [5.74, 6) is 2.44. The van der Waals surface area contributed by atoms with Gasteiger partial charge >= 0.3 is 0 Å². The van der Waals surface area contributed by atoms with Crippen LogP contribution in [0.25, 0.3) is 110 Å². The van der Waals surface area contributed by atoms with E-state index in [0.29, 0.717) is 23.4 Å². The molecule has 7 aromatic carbocycles. The van der Waals surface area contributed by atoms with Gasteiger partial charge in [-0.05, 0) is 35.9 Å². The highest BCUT2D eigenvalue weighted by Gasteiger charge is 2.20. The van der Waals surface area contributed by atoms with Gasteiger partial charge in [0.05, 0.1) is 5.56 Å². The number of hydrogen-bond acceptors (Lipinski definition) is 7. The molecular formula is C46H26N4O2S. The minimum absolute atomic E-state index is 0.603. The predicted molar refractivity (Wildman–Crippen MR) is 215 cm³/mol. The molecule has 0 unspecified atom stereocenters. The zero-order valence-corrected chi connectivity index (χ0v) is 28.8. The Bertz CT molecular complexity index is 3150. The zero-order chi connectivity index (χ0) is 34.9. The Morgan fingerprint density at radius 2 is 1.02 bits per heavy atom. The molecule has 248 valence electrons. The quantitative estimate of drug-likeness (QED) is 0.178. The highest BCUT2D eigenvalue weighted by atomic mass is 32.1. The van der Waals surface area contributed by atoms with E-state index < -0.39 is 0 Å². The van der Waals surface area contributed by atoms with Crippen molar-refractivity contribution in [2.45, 2.75) is 0 Å². The van der Waals surface area contributed by atoms with Crippen molar-refractivity contribution in [3.63, 3.8) is 0 Å². The third-order valence-electron chi connectivity index (χ3n) is 9.81. The normalized spacial score (nSPS) is 11.8. The van der Waals surface area contributed by atoms with E-state index >= 15 is 0 Å². The number of rotatable bonds is 5. The van der Waals surface area contributed by atoms with Gasteiger partial charge < -0.3 is 8.83 Å². The molecule has 0 atom stereocenters. The number of para-hydroxylation sites is 4. The molecule has 7 heteroatoms. The molecule has 11 rings (SSSR count). The summed E-state index contributed by atoms with van der Waals surface area (Å²) >= 11 is 1.73. The summed E-state index contributed by atoms with van der Waals surface area (Å²) < 4.78 is 14.8. The van der Waals surface area contributed by atoms with E-state index in [9.17, 15) is 0 Å². The van der Waals surface area contributed by atoms with Crippen molar-refractivity contribution in [2.24, 2.45) is 0 Å². The largest absolute Gasteiger partial charge is 0.455 e. The van der Waals surface area contributed by atoms with Crippen LogP contribution in [0.2, 0.25) is 0 Å². The molecule has 0 aliphatic heterocycles. The fraction of sp³-hybridized carbons (Fsp3) is 0. The van der Waals surface area contributed by atoms with Crippen LogP contribution in [-0.4, -0.2) is 19.9 Å². The molecule has 4 aromatic heterocycles. The average Bonchev–Trinajstić information content (AvgIpc) is 3.94. The third kappa shape index (κ3) is 4.86. The third-order valence-corrected chi connectivity index (χ3v) is 11.0. The molecule has 53 heavy (non-hydrogen) atoms. The van der Waals surface area contributed by atoms with Crippen LogP contribution in [0.3, 0.4) is 0 Å². The molecule has 0 spiro atoms. The molecule has 0 aliphatic carbocycles. The Morgan fingerprint density at radius 1 is 0.396 bits per heavy atom. The summed E-state index contributed by atoms with van der Waals surface area (Å²) in [6.07, 6.45) is 0. The van der Waals surface area contributed by atoms with Gasteiger partial charge in [0.2, 0.25) is 5.89 Å². The molecular weight excluding hydrogens is 673 g/mol. The number of nitrogens with zero attached hydrogens (tertiary/aromatic N) is 4. The van der Waals surface area contributed by atoms with Gasteiger partial charge in [-0.15, -0.1) is 11.3 Å². The Hall–Kier alpha value is -6.96. The summed E-state index contributed by atoms with van der Waals surface area (Å²) in [5, 5.41) is 4.42. The van der Waals surface area contributed by atoms with Gasteiger partial charge in [-0.25, -0.2) is 19.9 Å². The van der Waals surface area contributed by atoms with Gasteiger partial charge in [0.15, 0.2) is 23.1 Å². The topological polar surface area (TPSA) is 77.8 Å². The maximum atomic E-state index is 6.35. The van der Waals surface area contributed by atoms with Crippen LogP contribution < -0.4 is 0 Å². The van der Waals surface area contributed by atoms with E-state index in [1.54, 1.807) is 11.3 Å². The number of hydrogen-bond donors (Lipinski definition) is 0. The maximum Gasteiger partial charge on any atom is 0.228 e. The van der Waals surface area contributed by atoms with Gasteiger partial charge in [-0.1, -0.05) is 127 Å². The summed E-state index contributed by atoms with van der Waals surface area (Å²) in [6.45, 7) is 0. The van der Waals surface area contributed by atoms with Gasteiger partial charge in [-0.2, -0.15) is 0 Å². The molecule has 0 aliphatic rings. The number of fused-ring (bicyclic) bond motifs is 7. The average molecular weight is 699 g/mol. The fourth-order valence-corrected chi connectivity index (χ4v) is 8.54. The molecule has 0 saturated carbocycles. The van der Waals surface area contributed by atoms with Crippen LogP contribution in [0.5, 0.6) is 0 Å². The first-order valence-corrected chi connectivity index (χ1v) is 18.2. The van der Waals surface area contributed by atoms with Gasteiger partial charge in [0.25, 0.3) is 0 Å². The summed E-state index contributed by atoms with van der Waals surface area (Å²) in [5.41, 5.74) is 9.19. The van der Waals surface area contributed by atoms with Crippen LogP contribution >= 0.6 is 11.3 Å². The standard InChI is InChI=1S/C46H26N4O2S/c1-2-11-28(12-3-1)43-48-44(29-25-23-27(24-26-29)30-14-8-15-32-31-13-4-6-20-37(31)51-41(30)32)50-45(49-43)34-17-10-22-39-40(34)33-16-9-18-35(42(33)53-39)46-47-36-19-5-7-21-38(36)52-46/h1-26H. The first-order valence-electron chi connectivity index (χ1n) is 17.4. The van der Waals surface area contributed by atoms with Crippen LogP contribution in [0.15, 0.2) is 167 Å². The molecule has 0 fully saturated rings. The van der Waals surface area contributed by atoms with Crippen molar-refractivity contribution >= 4 is 64.5 Å². The molecule has 0 amide bonds. The van der Waals surface area contributed by atoms with E-state index in [1.165, 1.54) is 0 Å². The second-order valence-corrected chi connectivity index (χ2v) is 14.0. The van der Waals surface area contributed by atoms with Crippen molar-refractivity contribution in [1.29, 1.82) is 0 Å². The van der Waals surface area contributed by atoms with Gasteiger partial charge in [0, 0.05) is 53.2 Å². The van der Waals surface area contributed by atoms with E-state index in [4.69, 9.17) is 28.8 Å². The first-order chi connectivity index (χ1) is 26.2. The number of benzene rings is 7. The van der Waals surface area contributed by atoms with Crippen LogP contribution in [0, 0.1) is 0 Å². The number of thiophene rings is 1. The van der Waals surface area contributed by atoms with E-state index in [0.717, 1.165) is 86.6 Å². The molecule has 0 bridgehead atoms. The number of oxazole rings is 1. The summed E-state index contributed by atoms with van der Waals surface area (Å²) in [4.78, 5) is 20.1. The number of aromatic nitrogens is 4. The molecule has 0 N–H and O–H groups in total. The van der Waals surface area contributed by atoms with Crippen molar-refractivity contribution in [3.05, 3.63) is 158 Å². The van der Waals surface area contributed by atoms with Crippen molar-refractivity contribution in [1.82, 2.24) is 19.9 Å². The van der Waals surface area contributed by atoms with Crippen LogP contribution in [-0.2, 0) is 0 Å². The second kappa shape index (κ2) is 11.8. The van der Waals surface area contributed by atoms with Crippen molar-refractivity contribution in [2.75, 3.05) is 0 Å². The highest BCUT2D eigenvalue weighted by Crippen LogP contribution is 2.44. The van der Waals surface area contributed by atoms with Gasteiger partial charge in [0.1, 0.15) is 16.7 Å². The van der Waals surface area contributed by atoms with E-state index in [-0.39, 0.29) is 0 Å². The number of furan rings is 1. The molecule has 11 aromatic rings. The minimum Gasteiger partial charge on any atom is -0.455 e. The Kier molecular flexibility index (Phi) is 6.62. The minimum atomic E-state index is 0.603. The molecule has 4 heterocycles. The predicted octanol–water partition coefficient (Wildman–Crippen LogP) is 12.6.